The van der Waals surface area contributed by atoms with Crippen LogP contribution in [0, 0.1) is 0 Å². The predicted octanol–water partition coefficient (Wildman–Crippen LogP) is 2.88. The fraction of sp³-hybridized carbons (Fsp3) is 0.357. The second kappa shape index (κ2) is 6.86. The minimum atomic E-state index is -2.68. The number of carbonyl (C=O) groups excluding carboxylic acids is 1. The molecule has 2 heterocycles. The van der Waals surface area contributed by atoms with Gasteiger partial charge >= 0.3 is 6.03 Å². The first-order chi connectivity index (χ1) is 11.1. The fourth-order valence-electron chi connectivity index (χ4n) is 2.44. The fourth-order valence-corrected chi connectivity index (χ4v) is 3.04. The zero-order valence-corrected chi connectivity index (χ0v) is 12.9. The molecular weight excluding hydrogens is 324 g/mol. The minimum absolute atomic E-state index is 0.00213. The zero-order valence-electron chi connectivity index (χ0n) is 12.1. The molecule has 1 aromatic carbocycles. The number of nitrogens with zero attached hydrogens (tertiary/aromatic N) is 3. The first-order valence-electron chi connectivity index (χ1n) is 7.11. The molecular formula is C14H15F2N5OS. The molecule has 0 bridgehead atoms. The van der Waals surface area contributed by atoms with Crippen LogP contribution in [0.25, 0.3) is 0 Å². The van der Waals surface area contributed by atoms with Gasteiger partial charge in [-0.3, -0.25) is 5.32 Å². The third kappa shape index (κ3) is 3.92. The van der Waals surface area contributed by atoms with E-state index in [1.165, 1.54) is 0 Å². The lowest BCUT2D eigenvalue weighted by Gasteiger charge is -2.18. The Bertz CT molecular complexity index is 666. The molecule has 2 N–H and O–H groups in total. The van der Waals surface area contributed by atoms with Crippen LogP contribution < -0.4 is 15.5 Å². The molecule has 2 amide bonds. The second-order valence-corrected chi connectivity index (χ2v) is 6.12. The number of amides is 2. The smallest absolute Gasteiger partial charge is 0.321 e. The molecule has 1 unspecified atom stereocenters. The van der Waals surface area contributed by atoms with Crippen molar-refractivity contribution in [2.45, 2.75) is 18.9 Å². The van der Waals surface area contributed by atoms with Crippen LogP contribution in [0.4, 0.5) is 24.4 Å². The summed E-state index contributed by atoms with van der Waals surface area (Å²) in [4.78, 5) is 14.1. The first kappa shape index (κ1) is 15.6. The summed E-state index contributed by atoms with van der Waals surface area (Å²) in [5.74, 6) is 0. The molecule has 0 aliphatic carbocycles. The lowest BCUT2D eigenvalue weighted by molar-refractivity contribution is 0.150. The van der Waals surface area contributed by atoms with E-state index in [0.717, 1.165) is 18.7 Å². The van der Waals surface area contributed by atoms with Crippen LogP contribution in [0.3, 0.4) is 0 Å². The molecule has 1 aliphatic heterocycles. The van der Waals surface area contributed by atoms with Crippen molar-refractivity contribution in [2.24, 2.45) is 0 Å². The van der Waals surface area contributed by atoms with Gasteiger partial charge < -0.3 is 10.2 Å². The molecule has 3 rings (SSSR count). The summed E-state index contributed by atoms with van der Waals surface area (Å²) in [6.07, 6.45) is -1.86. The predicted molar refractivity (Wildman–Crippen MR) is 84.1 cm³/mol. The summed E-state index contributed by atoms with van der Waals surface area (Å²) in [6, 6.07) is 9.49. The molecule has 1 atom stereocenters. The van der Waals surface area contributed by atoms with Crippen LogP contribution in [0.15, 0.2) is 30.3 Å². The molecule has 9 heteroatoms. The maximum atomic E-state index is 12.4. The van der Waals surface area contributed by atoms with Crippen molar-refractivity contribution in [2.75, 3.05) is 23.3 Å². The van der Waals surface area contributed by atoms with Crippen LogP contribution >= 0.6 is 11.3 Å². The Morgan fingerprint density at radius 1 is 1.30 bits per heavy atom. The van der Waals surface area contributed by atoms with Crippen molar-refractivity contribution < 1.29 is 13.6 Å². The van der Waals surface area contributed by atoms with Crippen LogP contribution in [-0.4, -0.2) is 35.4 Å². The van der Waals surface area contributed by atoms with Crippen LogP contribution in [0.5, 0.6) is 0 Å². The topological polar surface area (TPSA) is 70.1 Å². The molecule has 1 aromatic heterocycles. The largest absolute Gasteiger partial charge is 0.369 e. The molecule has 2 aromatic rings. The van der Waals surface area contributed by atoms with Crippen molar-refractivity contribution in [1.82, 2.24) is 15.5 Å². The Morgan fingerprint density at radius 3 is 2.78 bits per heavy atom. The Balaban J connectivity index is 1.50. The number of anilines is 2. The lowest BCUT2D eigenvalue weighted by Crippen LogP contribution is -2.39. The summed E-state index contributed by atoms with van der Waals surface area (Å²) in [7, 11) is 0. The number of alkyl halides is 2. The number of hydrogen-bond donors (Lipinski definition) is 2. The Morgan fingerprint density at radius 2 is 2.09 bits per heavy atom. The van der Waals surface area contributed by atoms with E-state index < -0.39 is 17.5 Å². The van der Waals surface area contributed by atoms with Gasteiger partial charge in [-0.05, 0) is 18.6 Å². The third-order valence-corrected chi connectivity index (χ3v) is 4.34. The SMILES string of the molecule is O=C(Nc1nnc(C(F)F)s1)NC1CCN(c2ccccc2)C1. The van der Waals surface area contributed by atoms with Crippen LogP contribution in [-0.2, 0) is 0 Å². The standard InChI is InChI=1S/C14H15F2N5OS/c15-11(16)12-19-20-14(23-12)18-13(22)17-9-6-7-21(8-9)10-4-2-1-3-5-10/h1-5,9,11H,6-8H2,(H2,17,18,20,22). The van der Waals surface area contributed by atoms with Crippen molar-refractivity contribution in [3.8, 4) is 0 Å². The first-order valence-corrected chi connectivity index (χ1v) is 7.92. The van der Waals surface area contributed by atoms with Crippen LogP contribution in [0.1, 0.15) is 17.9 Å². The van der Waals surface area contributed by atoms with Crippen molar-refractivity contribution in [3.05, 3.63) is 35.3 Å². The van der Waals surface area contributed by atoms with Gasteiger partial charge in [0.2, 0.25) is 5.13 Å². The highest BCUT2D eigenvalue weighted by Crippen LogP contribution is 2.25. The van der Waals surface area contributed by atoms with Crippen LogP contribution in [0.2, 0.25) is 0 Å². The highest BCUT2D eigenvalue weighted by Gasteiger charge is 2.24. The van der Waals surface area contributed by atoms with E-state index in [-0.39, 0.29) is 11.2 Å². The quantitative estimate of drug-likeness (QED) is 0.899. The maximum Gasteiger partial charge on any atom is 0.321 e. The summed E-state index contributed by atoms with van der Waals surface area (Å²) in [6.45, 7) is 1.55. The van der Waals surface area contributed by atoms with Gasteiger partial charge in [-0.1, -0.05) is 29.5 Å². The van der Waals surface area contributed by atoms with E-state index >= 15 is 0 Å². The van der Waals surface area contributed by atoms with Gasteiger partial charge in [0.25, 0.3) is 6.43 Å². The minimum Gasteiger partial charge on any atom is -0.369 e. The number of halogens is 2. The highest BCUT2D eigenvalue weighted by atomic mass is 32.1. The average Bonchev–Trinajstić information content (AvgIpc) is 3.18. The number of rotatable bonds is 4. The van der Waals surface area contributed by atoms with E-state index in [4.69, 9.17) is 0 Å². The van der Waals surface area contributed by atoms with Crippen molar-refractivity contribution in [1.29, 1.82) is 0 Å². The average molecular weight is 339 g/mol. The van der Waals surface area contributed by atoms with E-state index in [1.807, 2.05) is 30.3 Å². The monoisotopic (exact) mass is 339 g/mol. The number of nitrogens with one attached hydrogen (secondary N) is 2. The molecule has 0 saturated carbocycles. The maximum absolute atomic E-state index is 12.4. The summed E-state index contributed by atoms with van der Waals surface area (Å²) in [5, 5.41) is 11.8. The van der Waals surface area contributed by atoms with Gasteiger partial charge in [0.15, 0.2) is 5.01 Å². The van der Waals surface area contributed by atoms with Crippen molar-refractivity contribution >= 4 is 28.2 Å². The second-order valence-electron chi connectivity index (χ2n) is 5.11. The molecule has 1 saturated heterocycles. The van der Waals surface area contributed by atoms with Gasteiger partial charge in [-0.15, -0.1) is 10.2 Å². The molecule has 23 heavy (non-hydrogen) atoms. The lowest BCUT2D eigenvalue weighted by atomic mass is 10.3. The number of benzene rings is 1. The van der Waals surface area contributed by atoms with Crippen molar-refractivity contribution in [3.63, 3.8) is 0 Å². The number of urea groups is 1. The van der Waals surface area contributed by atoms with E-state index in [1.54, 1.807) is 0 Å². The van der Waals surface area contributed by atoms with E-state index in [0.29, 0.717) is 17.9 Å². The number of carbonyl (C=O) groups is 1. The third-order valence-electron chi connectivity index (χ3n) is 3.49. The zero-order chi connectivity index (χ0) is 16.2. The molecule has 6 nitrogen and oxygen atoms in total. The normalized spacial score (nSPS) is 17.5. The Kier molecular flexibility index (Phi) is 4.65. The van der Waals surface area contributed by atoms with E-state index in [2.05, 4.69) is 25.7 Å². The number of aromatic nitrogens is 2. The van der Waals surface area contributed by atoms with Gasteiger partial charge in [0, 0.05) is 24.8 Å². The Labute approximate surface area is 135 Å². The van der Waals surface area contributed by atoms with Gasteiger partial charge in [-0.25, -0.2) is 13.6 Å². The Hall–Kier alpha value is -2.29. The van der Waals surface area contributed by atoms with Gasteiger partial charge in [0.1, 0.15) is 0 Å². The summed E-state index contributed by atoms with van der Waals surface area (Å²) < 4.78 is 24.8. The molecule has 1 aliphatic rings. The molecule has 122 valence electrons. The highest BCUT2D eigenvalue weighted by molar-refractivity contribution is 7.15. The van der Waals surface area contributed by atoms with Gasteiger partial charge in [-0.2, -0.15) is 0 Å². The molecule has 0 radical (unpaired) electrons. The number of hydrogen-bond acceptors (Lipinski definition) is 5. The summed E-state index contributed by atoms with van der Waals surface area (Å²) >= 11 is 0.670. The summed E-state index contributed by atoms with van der Waals surface area (Å²) in [5.41, 5.74) is 1.11. The molecule has 1 fully saturated rings. The number of para-hydroxylation sites is 1. The van der Waals surface area contributed by atoms with E-state index in [9.17, 15) is 13.6 Å². The van der Waals surface area contributed by atoms with Gasteiger partial charge in [0.05, 0.1) is 0 Å². The molecule has 0 spiro atoms.